The molecule has 0 aliphatic heterocycles. The normalized spacial score (nSPS) is 20.8. The van der Waals surface area contributed by atoms with Crippen LogP contribution in [-0.4, -0.2) is 36.4 Å². The van der Waals surface area contributed by atoms with Gasteiger partial charge in [0.1, 0.15) is 0 Å². The number of thioether (sulfide) groups is 1. The molecule has 174 valence electrons. The molecule has 3 heteroatoms. The Hall–Kier alpha value is 0.270. The third-order valence-corrected chi connectivity index (χ3v) is 8.11. The maximum atomic E-state index is 9.09. The zero-order chi connectivity index (χ0) is 21.0. The second-order valence-corrected chi connectivity index (χ2v) is 10.6. The minimum Gasteiger partial charge on any atom is -0.394 e. The van der Waals surface area contributed by atoms with Gasteiger partial charge in [0.2, 0.25) is 0 Å². The van der Waals surface area contributed by atoms with E-state index in [1.807, 2.05) is 11.8 Å². The molecule has 0 amide bonds. The van der Waals surface area contributed by atoms with Crippen LogP contribution in [-0.2, 0) is 4.74 Å². The van der Waals surface area contributed by atoms with Crippen molar-refractivity contribution in [2.24, 2.45) is 11.8 Å². The van der Waals surface area contributed by atoms with Gasteiger partial charge in [0, 0.05) is 12.9 Å². The number of ether oxygens (including phenoxy) is 1. The Balaban J connectivity index is 1.82. The standard InChI is InChI=1S/C26H52O2S/c1-3-4-5-6-9-12-15-24-17-19-25(20-18-24)16-13-10-7-8-11-14-21-29-23-26(22-27)28-2/h24-27H,3-23H2,1-2H3. The number of unbranched alkanes of at least 4 members (excludes halogenated alkanes) is 10. The van der Waals surface area contributed by atoms with Gasteiger partial charge in [-0.15, -0.1) is 0 Å². The van der Waals surface area contributed by atoms with Gasteiger partial charge in [0.05, 0.1) is 12.7 Å². The highest BCUT2D eigenvalue weighted by atomic mass is 32.2. The van der Waals surface area contributed by atoms with Gasteiger partial charge >= 0.3 is 0 Å². The molecular formula is C26H52O2S. The SMILES string of the molecule is CCCCCCCCC1CCC(CCCCCCCCSCC(CO)OC)CC1. The quantitative estimate of drug-likeness (QED) is 0.199. The third kappa shape index (κ3) is 15.7. The van der Waals surface area contributed by atoms with Crippen LogP contribution in [0.2, 0.25) is 0 Å². The Bertz CT molecular complexity index is 325. The van der Waals surface area contributed by atoms with Crippen molar-refractivity contribution < 1.29 is 9.84 Å². The van der Waals surface area contributed by atoms with Crippen molar-refractivity contribution in [2.45, 2.75) is 129 Å². The summed E-state index contributed by atoms with van der Waals surface area (Å²) in [7, 11) is 1.68. The van der Waals surface area contributed by atoms with Crippen LogP contribution in [0.25, 0.3) is 0 Å². The fraction of sp³-hybridized carbons (Fsp3) is 1.00. The van der Waals surface area contributed by atoms with Crippen molar-refractivity contribution >= 4 is 11.8 Å². The van der Waals surface area contributed by atoms with Crippen molar-refractivity contribution in [2.75, 3.05) is 25.2 Å². The lowest BCUT2D eigenvalue weighted by Gasteiger charge is -2.28. The first-order chi connectivity index (χ1) is 14.3. The van der Waals surface area contributed by atoms with E-state index in [2.05, 4.69) is 6.92 Å². The predicted octanol–water partition coefficient (Wildman–Crippen LogP) is 8.01. The van der Waals surface area contributed by atoms with Crippen LogP contribution in [0.3, 0.4) is 0 Å². The summed E-state index contributed by atoms with van der Waals surface area (Å²) in [6.07, 6.45) is 26.3. The maximum Gasteiger partial charge on any atom is 0.0892 e. The Labute approximate surface area is 187 Å². The van der Waals surface area contributed by atoms with Crippen molar-refractivity contribution in [3.63, 3.8) is 0 Å². The molecular weight excluding hydrogens is 376 g/mol. The lowest BCUT2D eigenvalue weighted by Crippen LogP contribution is -2.18. The van der Waals surface area contributed by atoms with Crippen LogP contribution in [0.4, 0.5) is 0 Å². The van der Waals surface area contributed by atoms with Gasteiger partial charge in [-0.25, -0.2) is 0 Å². The molecule has 0 aromatic carbocycles. The molecule has 0 bridgehead atoms. The van der Waals surface area contributed by atoms with Crippen molar-refractivity contribution in [1.29, 1.82) is 0 Å². The molecule has 1 unspecified atom stereocenters. The molecule has 0 heterocycles. The molecule has 0 spiro atoms. The summed E-state index contributed by atoms with van der Waals surface area (Å²) in [5.74, 6) is 4.25. The summed E-state index contributed by atoms with van der Waals surface area (Å²) in [5.41, 5.74) is 0. The highest BCUT2D eigenvalue weighted by molar-refractivity contribution is 7.99. The molecule has 2 nitrogen and oxygen atoms in total. The Morgan fingerprint density at radius 1 is 0.759 bits per heavy atom. The average Bonchev–Trinajstić information content (AvgIpc) is 2.75. The first-order valence-corrected chi connectivity index (χ1v) is 14.2. The van der Waals surface area contributed by atoms with Crippen LogP contribution in [0.1, 0.15) is 122 Å². The fourth-order valence-corrected chi connectivity index (χ4v) is 5.86. The first-order valence-electron chi connectivity index (χ1n) is 13.0. The lowest BCUT2D eigenvalue weighted by molar-refractivity contribution is 0.0656. The van der Waals surface area contributed by atoms with Crippen LogP contribution in [0.5, 0.6) is 0 Å². The average molecular weight is 429 g/mol. The van der Waals surface area contributed by atoms with Gasteiger partial charge in [0.15, 0.2) is 0 Å². The second kappa shape index (κ2) is 20.2. The molecule has 0 saturated heterocycles. The summed E-state index contributed by atoms with van der Waals surface area (Å²) in [6, 6.07) is 0. The molecule has 1 fully saturated rings. The lowest BCUT2D eigenvalue weighted by atomic mass is 9.78. The summed E-state index contributed by atoms with van der Waals surface area (Å²) in [5, 5.41) is 9.09. The van der Waals surface area contributed by atoms with E-state index in [-0.39, 0.29) is 12.7 Å². The van der Waals surface area contributed by atoms with E-state index in [1.54, 1.807) is 7.11 Å². The molecule has 29 heavy (non-hydrogen) atoms. The monoisotopic (exact) mass is 428 g/mol. The minimum absolute atomic E-state index is 0.0191. The molecule has 0 aromatic heterocycles. The van der Waals surface area contributed by atoms with E-state index in [9.17, 15) is 0 Å². The van der Waals surface area contributed by atoms with E-state index in [1.165, 1.54) is 121 Å². The topological polar surface area (TPSA) is 29.5 Å². The van der Waals surface area contributed by atoms with E-state index in [4.69, 9.17) is 9.84 Å². The zero-order valence-corrected chi connectivity index (χ0v) is 20.7. The van der Waals surface area contributed by atoms with Crippen LogP contribution in [0, 0.1) is 11.8 Å². The third-order valence-electron chi connectivity index (χ3n) is 6.92. The van der Waals surface area contributed by atoms with Gasteiger partial charge in [-0.2, -0.15) is 11.8 Å². The maximum absolute atomic E-state index is 9.09. The fourth-order valence-electron chi connectivity index (χ4n) is 4.78. The summed E-state index contributed by atoms with van der Waals surface area (Å²) in [4.78, 5) is 0. The van der Waals surface area contributed by atoms with Crippen LogP contribution < -0.4 is 0 Å². The van der Waals surface area contributed by atoms with Gasteiger partial charge < -0.3 is 9.84 Å². The molecule has 1 rings (SSSR count). The number of hydrogen-bond donors (Lipinski definition) is 1. The second-order valence-electron chi connectivity index (χ2n) is 9.47. The number of hydrogen-bond acceptors (Lipinski definition) is 3. The molecule has 1 atom stereocenters. The van der Waals surface area contributed by atoms with E-state index >= 15 is 0 Å². The van der Waals surface area contributed by atoms with Gasteiger partial charge in [0.25, 0.3) is 0 Å². The van der Waals surface area contributed by atoms with E-state index in [0.717, 1.165) is 17.6 Å². The molecule has 1 N–H and O–H groups in total. The highest BCUT2D eigenvalue weighted by Crippen LogP contribution is 2.34. The Kier molecular flexibility index (Phi) is 19.0. The largest absolute Gasteiger partial charge is 0.394 e. The summed E-state index contributed by atoms with van der Waals surface area (Å²) in [6.45, 7) is 2.45. The summed E-state index contributed by atoms with van der Waals surface area (Å²) < 4.78 is 5.19. The minimum atomic E-state index is 0.0191. The Morgan fingerprint density at radius 3 is 1.72 bits per heavy atom. The molecule has 0 aromatic rings. The highest BCUT2D eigenvalue weighted by Gasteiger charge is 2.20. The van der Waals surface area contributed by atoms with Crippen LogP contribution in [0.15, 0.2) is 0 Å². The van der Waals surface area contributed by atoms with Crippen LogP contribution >= 0.6 is 11.8 Å². The smallest absolute Gasteiger partial charge is 0.0892 e. The van der Waals surface area contributed by atoms with Gasteiger partial charge in [-0.1, -0.05) is 116 Å². The zero-order valence-electron chi connectivity index (χ0n) is 19.8. The van der Waals surface area contributed by atoms with E-state index in [0.29, 0.717) is 0 Å². The molecule has 1 saturated carbocycles. The van der Waals surface area contributed by atoms with Crippen molar-refractivity contribution in [1.82, 2.24) is 0 Å². The van der Waals surface area contributed by atoms with Gasteiger partial charge in [-0.05, 0) is 24.0 Å². The molecule has 0 radical (unpaired) electrons. The number of aliphatic hydroxyl groups is 1. The first kappa shape index (κ1) is 27.3. The predicted molar refractivity (Wildman–Crippen MR) is 131 cm³/mol. The van der Waals surface area contributed by atoms with Crippen molar-refractivity contribution in [3.8, 4) is 0 Å². The number of aliphatic hydroxyl groups excluding tert-OH is 1. The number of methoxy groups -OCH3 is 1. The molecule has 1 aliphatic carbocycles. The Morgan fingerprint density at radius 2 is 1.24 bits per heavy atom. The summed E-state index contributed by atoms with van der Waals surface area (Å²) >= 11 is 1.92. The number of rotatable bonds is 20. The van der Waals surface area contributed by atoms with E-state index < -0.39 is 0 Å². The van der Waals surface area contributed by atoms with Crippen molar-refractivity contribution in [3.05, 3.63) is 0 Å². The molecule has 1 aliphatic rings. The van der Waals surface area contributed by atoms with Gasteiger partial charge in [-0.3, -0.25) is 0 Å².